The number of anilines is 2. The van der Waals surface area contributed by atoms with E-state index in [1.165, 1.54) is 34.5 Å². The average Bonchev–Trinajstić information content (AvgIpc) is 2.96. The molecule has 38 heavy (non-hydrogen) atoms. The van der Waals surface area contributed by atoms with Gasteiger partial charge in [-0.2, -0.15) is 0 Å². The van der Waals surface area contributed by atoms with Crippen LogP contribution in [0.25, 0.3) is 0 Å². The summed E-state index contributed by atoms with van der Waals surface area (Å²) in [7, 11) is 2.23. The molecule has 0 radical (unpaired) electrons. The minimum atomic E-state index is 0.772. The van der Waals surface area contributed by atoms with Crippen molar-refractivity contribution in [3.63, 3.8) is 0 Å². The van der Waals surface area contributed by atoms with Crippen LogP contribution in [-0.2, 0) is 32.6 Å². The maximum atomic E-state index is 4.44. The molecule has 0 spiro atoms. The summed E-state index contributed by atoms with van der Waals surface area (Å²) < 4.78 is 0. The highest BCUT2D eigenvalue weighted by Crippen LogP contribution is 2.36. The van der Waals surface area contributed by atoms with Gasteiger partial charge < -0.3 is 20.4 Å². The van der Waals surface area contributed by atoms with Crippen LogP contribution in [0.4, 0.5) is 11.4 Å². The topological polar surface area (TPSA) is 56.3 Å². The van der Waals surface area contributed by atoms with Gasteiger partial charge in [0.05, 0.1) is 22.8 Å². The van der Waals surface area contributed by atoms with E-state index in [-0.39, 0.29) is 0 Å². The first-order valence-corrected chi connectivity index (χ1v) is 13.6. The van der Waals surface area contributed by atoms with Gasteiger partial charge in [0.1, 0.15) is 0 Å². The number of para-hydroxylation sites is 1. The van der Waals surface area contributed by atoms with Gasteiger partial charge in [-0.05, 0) is 59.9 Å². The number of pyridine rings is 2. The number of hydrogen-bond donors (Lipinski definition) is 2. The summed E-state index contributed by atoms with van der Waals surface area (Å²) in [6.07, 6.45) is 6.06. The molecule has 5 rings (SSSR count). The Balaban J connectivity index is 1.25. The minimum absolute atomic E-state index is 0.772. The Morgan fingerprint density at radius 1 is 0.763 bits per heavy atom. The number of fused-ring (bicyclic) bond motifs is 1. The highest BCUT2D eigenvalue weighted by Gasteiger charge is 2.21. The molecule has 2 N–H and O–H groups in total. The second kappa shape index (κ2) is 13.2. The SMILES string of the molecule is CN1CCCc2cccc(N(CCNCc3ccccn3)Cc3ccc(CNCc4ccccn4)cc3)c21. The van der Waals surface area contributed by atoms with Crippen LogP contribution in [-0.4, -0.2) is 36.6 Å². The normalized spacial score (nSPS) is 12.8. The molecule has 0 aliphatic carbocycles. The zero-order valence-electron chi connectivity index (χ0n) is 22.3. The Bertz CT molecular complexity index is 1260. The molecule has 0 saturated carbocycles. The predicted octanol–water partition coefficient (Wildman–Crippen LogP) is 4.95. The van der Waals surface area contributed by atoms with Gasteiger partial charge in [0.2, 0.25) is 0 Å². The summed E-state index contributed by atoms with van der Waals surface area (Å²) in [5, 5.41) is 7.09. The highest BCUT2D eigenvalue weighted by molar-refractivity contribution is 5.75. The van der Waals surface area contributed by atoms with Crippen molar-refractivity contribution < 1.29 is 0 Å². The van der Waals surface area contributed by atoms with Crippen LogP contribution in [0.3, 0.4) is 0 Å². The second-order valence-electron chi connectivity index (χ2n) is 9.97. The molecule has 6 heteroatoms. The van der Waals surface area contributed by atoms with Crippen molar-refractivity contribution in [3.05, 3.63) is 119 Å². The zero-order valence-corrected chi connectivity index (χ0v) is 22.3. The molecule has 0 fully saturated rings. The third-order valence-corrected chi connectivity index (χ3v) is 7.11. The third-order valence-electron chi connectivity index (χ3n) is 7.11. The lowest BCUT2D eigenvalue weighted by Gasteiger charge is -2.35. The van der Waals surface area contributed by atoms with Crippen LogP contribution < -0.4 is 20.4 Å². The van der Waals surface area contributed by atoms with Gasteiger partial charge in [-0.3, -0.25) is 9.97 Å². The van der Waals surface area contributed by atoms with Crippen LogP contribution in [0.5, 0.6) is 0 Å². The predicted molar refractivity (Wildman–Crippen MR) is 156 cm³/mol. The van der Waals surface area contributed by atoms with Gasteiger partial charge in [-0.25, -0.2) is 0 Å². The molecule has 6 nitrogen and oxygen atoms in total. The Kier molecular flexibility index (Phi) is 8.98. The molecule has 2 aromatic heterocycles. The van der Waals surface area contributed by atoms with Crippen molar-refractivity contribution in [2.45, 2.75) is 39.0 Å². The quantitative estimate of drug-likeness (QED) is 0.265. The number of rotatable bonds is 12. The molecule has 1 aliphatic heterocycles. The van der Waals surface area contributed by atoms with Crippen molar-refractivity contribution in [1.29, 1.82) is 0 Å². The van der Waals surface area contributed by atoms with Gasteiger partial charge in [0.25, 0.3) is 0 Å². The fourth-order valence-corrected chi connectivity index (χ4v) is 5.13. The second-order valence-corrected chi connectivity index (χ2v) is 9.97. The smallest absolute Gasteiger partial charge is 0.0634 e. The molecule has 0 bridgehead atoms. The van der Waals surface area contributed by atoms with E-state index in [1.807, 2.05) is 36.7 Å². The molecule has 0 unspecified atom stereocenters. The van der Waals surface area contributed by atoms with E-state index >= 15 is 0 Å². The maximum absolute atomic E-state index is 4.44. The van der Waals surface area contributed by atoms with Gasteiger partial charge in [-0.1, -0.05) is 48.5 Å². The first-order valence-electron chi connectivity index (χ1n) is 13.6. The summed E-state index contributed by atoms with van der Waals surface area (Å²) >= 11 is 0. The van der Waals surface area contributed by atoms with Crippen LogP contribution in [0.15, 0.2) is 91.3 Å². The van der Waals surface area contributed by atoms with E-state index in [4.69, 9.17) is 0 Å². The Morgan fingerprint density at radius 2 is 1.47 bits per heavy atom. The van der Waals surface area contributed by atoms with Crippen LogP contribution >= 0.6 is 0 Å². The van der Waals surface area contributed by atoms with Gasteiger partial charge in [-0.15, -0.1) is 0 Å². The van der Waals surface area contributed by atoms with Crippen LogP contribution in [0.2, 0.25) is 0 Å². The summed E-state index contributed by atoms with van der Waals surface area (Å²) in [4.78, 5) is 13.8. The molecule has 196 valence electrons. The summed E-state index contributed by atoms with van der Waals surface area (Å²) in [6.45, 7) is 6.17. The van der Waals surface area contributed by atoms with E-state index in [0.717, 1.165) is 63.6 Å². The monoisotopic (exact) mass is 506 g/mol. The maximum Gasteiger partial charge on any atom is 0.0634 e. The summed E-state index contributed by atoms with van der Waals surface area (Å²) in [5.74, 6) is 0. The lowest BCUT2D eigenvalue weighted by molar-refractivity contribution is 0.647. The molecule has 0 amide bonds. The van der Waals surface area contributed by atoms with E-state index in [2.05, 4.69) is 92.0 Å². The van der Waals surface area contributed by atoms with Crippen molar-refractivity contribution in [1.82, 2.24) is 20.6 Å². The molecular formula is C32H38N6. The molecule has 3 heterocycles. The van der Waals surface area contributed by atoms with Gasteiger partial charge in [0, 0.05) is 65.3 Å². The van der Waals surface area contributed by atoms with E-state index in [0.29, 0.717) is 0 Å². The van der Waals surface area contributed by atoms with E-state index in [9.17, 15) is 0 Å². The average molecular weight is 507 g/mol. The fraction of sp³-hybridized carbons (Fsp3) is 0.312. The first kappa shape index (κ1) is 25.9. The number of hydrogen-bond acceptors (Lipinski definition) is 6. The molecule has 2 aromatic carbocycles. The number of nitrogens with zero attached hydrogens (tertiary/aromatic N) is 4. The molecule has 0 saturated heterocycles. The minimum Gasteiger partial charge on any atom is -0.373 e. The number of aromatic nitrogens is 2. The number of benzene rings is 2. The number of aryl methyl sites for hydroxylation is 1. The van der Waals surface area contributed by atoms with Crippen LogP contribution in [0.1, 0.15) is 34.5 Å². The Morgan fingerprint density at radius 3 is 2.18 bits per heavy atom. The first-order chi connectivity index (χ1) is 18.8. The number of nitrogens with one attached hydrogen (secondary N) is 2. The van der Waals surface area contributed by atoms with Crippen molar-refractivity contribution in [2.24, 2.45) is 0 Å². The standard InChI is InChI=1S/C32H38N6/c1-37-20-7-9-28-8-6-12-31(32(28)37)38(21-19-33-23-29-10-2-4-17-35-29)25-27-15-13-26(14-16-27)22-34-24-30-11-3-5-18-36-30/h2-6,8,10-18,33-34H,7,9,19-25H2,1H3. The third kappa shape index (κ3) is 6.97. The summed E-state index contributed by atoms with van der Waals surface area (Å²) in [5.41, 5.74) is 8.90. The van der Waals surface area contributed by atoms with Crippen molar-refractivity contribution in [3.8, 4) is 0 Å². The van der Waals surface area contributed by atoms with Crippen molar-refractivity contribution >= 4 is 11.4 Å². The largest absolute Gasteiger partial charge is 0.373 e. The lowest BCUT2D eigenvalue weighted by atomic mass is 10.00. The molecular weight excluding hydrogens is 468 g/mol. The van der Waals surface area contributed by atoms with Crippen molar-refractivity contribution in [2.75, 3.05) is 36.5 Å². The van der Waals surface area contributed by atoms with Crippen LogP contribution in [0, 0.1) is 0 Å². The Hall–Kier alpha value is -3.74. The zero-order chi connectivity index (χ0) is 26.0. The molecule has 4 aromatic rings. The van der Waals surface area contributed by atoms with Gasteiger partial charge >= 0.3 is 0 Å². The lowest BCUT2D eigenvalue weighted by Crippen LogP contribution is -2.34. The van der Waals surface area contributed by atoms with Gasteiger partial charge in [0.15, 0.2) is 0 Å². The summed E-state index contributed by atoms with van der Waals surface area (Å²) in [6, 6.07) is 27.9. The van der Waals surface area contributed by atoms with E-state index in [1.54, 1.807) is 0 Å². The fourth-order valence-electron chi connectivity index (χ4n) is 5.13. The van der Waals surface area contributed by atoms with E-state index < -0.39 is 0 Å². The molecule has 0 atom stereocenters. The molecule has 1 aliphatic rings. The highest BCUT2D eigenvalue weighted by atomic mass is 15.2. The Labute approximate surface area is 226 Å².